The highest BCUT2D eigenvalue weighted by Crippen LogP contribution is 2.43. The van der Waals surface area contributed by atoms with Crippen LogP contribution < -0.4 is 0 Å². The Morgan fingerprint density at radius 2 is 1.69 bits per heavy atom. The lowest BCUT2D eigenvalue weighted by Gasteiger charge is -2.27. The number of likely N-dealkylation sites (tertiary alicyclic amines) is 2. The third-order valence-electron chi connectivity index (χ3n) is 6.67. The second-order valence-electron chi connectivity index (χ2n) is 8.40. The zero-order valence-electron chi connectivity index (χ0n) is 15.3. The molecule has 5 nitrogen and oxygen atoms in total. The smallest absolute Gasteiger partial charge is 0.253 e. The first kappa shape index (κ1) is 17.5. The lowest BCUT2D eigenvalue weighted by atomic mass is 9.82. The zero-order chi connectivity index (χ0) is 18.1. The monoisotopic (exact) mass is 356 g/mol. The standard InChI is InChI=1S/C21H28N2O3/c24-15-21-13-22(19(25)10-16-6-4-5-7-16)11-18(21)12-23(14-21)20(26)17-8-2-1-3-9-17/h1-3,8-9,16,18,24H,4-7,10-15H2/t18-,21+/m0/s1. The normalized spacial score (nSPS) is 28.6. The van der Waals surface area contributed by atoms with Gasteiger partial charge >= 0.3 is 0 Å². The number of carbonyl (C=O) groups is 2. The van der Waals surface area contributed by atoms with Gasteiger partial charge in [-0.2, -0.15) is 0 Å². The fourth-order valence-electron chi connectivity index (χ4n) is 5.10. The van der Waals surface area contributed by atoms with Crippen molar-refractivity contribution in [3.05, 3.63) is 35.9 Å². The number of fused-ring (bicyclic) bond motifs is 1. The van der Waals surface area contributed by atoms with Gasteiger partial charge in [-0.3, -0.25) is 9.59 Å². The first-order chi connectivity index (χ1) is 12.6. The molecule has 1 N–H and O–H groups in total. The first-order valence-corrected chi connectivity index (χ1v) is 9.84. The summed E-state index contributed by atoms with van der Waals surface area (Å²) in [6.45, 7) is 2.45. The predicted molar refractivity (Wildman–Crippen MR) is 98.5 cm³/mol. The van der Waals surface area contributed by atoms with Crippen molar-refractivity contribution in [3.8, 4) is 0 Å². The lowest BCUT2D eigenvalue weighted by molar-refractivity contribution is -0.131. The number of nitrogens with zero attached hydrogens (tertiary/aromatic N) is 2. The number of carbonyl (C=O) groups excluding carboxylic acids is 2. The third kappa shape index (κ3) is 3.13. The van der Waals surface area contributed by atoms with Gasteiger partial charge in [0.15, 0.2) is 0 Å². The number of hydrogen-bond acceptors (Lipinski definition) is 3. The van der Waals surface area contributed by atoms with Gasteiger partial charge in [-0.25, -0.2) is 0 Å². The fourth-order valence-corrected chi connectivity index (χ4v) is 5.10. The minimum atomic E-state index is -0.351. The topological polar surface area (TPSA) is 60.9 Å². The largest absolute Gasteiger partial charge is 0.396 e. The number of hydrogen-bond donors (Lipinski definition) is 1. The second-order valence-corrected chi connectivity index (χ2v) is 8.40. The Balaban J connectivity index is 1.41. The molecule has 1 aliphatic carbocycles. The molecule has 140 valence electrons. The third-order valence-corrected chi connectivity index (χ3v) is 6.67. The number of benzene rings is 1. The first-order valence-electron chi connectivity index (χ1n) is 9.84. The Bertz CT molecular complexity index is 671. The summed E-state index contributed by atoms with van der Waals surface area (Å²) < 4.78 is 0. The summed E-state index contributed by atoms with van der Waals surface area (Å²) in [5.41, 5.74) is 0.338. The second kappa shape index (κ2) is 7.03. The van der Waals surface area contributed by atoms with Gasteiger partial charge in [0.25, 0.3) is 5.91 Å². The summed E-state index contributed by atoms with van der Waals surface area (Å²) >= 11 is 0. The molecule has 0 unspecified atom stereocenters. The molecule has 0 bridgehead atoms. The minimum Gasteiger partial charge on any atom is -0.396 e. The van der Waals surface area contributed by atoms with Crippen molar-refractivity contribution in [3.63, 3.8) is 0 Å². The molecule has 1 saturated carbocycles. The molecule has 0 aromatic heterocycles. The van der Waals surface area contributed by atoms with E-state index >= 15 is 0 Å². The maximum absolute atomic E-state index is 12.7. The Morgan fingerprint density at radius 3 is 2.35 bits per heavy atom. The van der Waals surface area contributed by atoms with E-state index in [0.29, 0.717) is 44.1 Å². The Kier molecular flexibility index (Phi) is 4.74. The van der Waals surface area contributed by atoms with Crippen LogP contribution in [0.25, 0.3) is 0 Å². The Morgan fingerprint density at radius 1 is 1.04 bits per heavy atom. The molecule has 0 radical (unpaired) electrons. The van der Waals surface area contributed by atoms with Crippen molar-refractivity contribution in [1.29, 1.82) is 0 Å². The molecule has 2 aliphatic heterocycles. The van der Waals surface area contributed by atoms with Crippen LogP contribution in [0.5, 0.6) is 0 Å². The number of aliphatic hydroxyl groups excluding tert-OH is 1. The summed E-state index contributed by atoms with van der Waals surface area (Å²) in [5, 5.41) is 10.1. The molecule has 1 aromatic carbocycles. The Labute approximate surface area is 155 Å². The van der Waals surface area contributed by atoms with E-state index in [1.807, 2.05) is 40.1 Å². The van der Waals surface area contributed by atoms with Gasteiger partial charge < -0.3 is 14.9 Å². The number of amides is 2. The maximum atomic E-state index is 12.7. The van der Waals surface area contributed by atoms with E-state index in [1.165, 1.54) is 25.7 Å². The van der Waals surface area contributed by atoms with E-state index in [2.05, 4.69) is 0 Å². The summed E-state index contributed by atoms with van der Waals surface area (Å²) in [5.74, 6) is 0.980. The molecule has 2 heterocycles. The van der Waals surface area contributed by atoms with Crippen molar-refractivity contribution >= 4 is 11.8 Å². The van der Waals surface area contributed by atoms with Gasteiger partial charge in [-0.15, -0.1) is 0 Å². The highest BCUT2D eigenvalue weighted by molar-refractivity contribution is 5.94. The van der Waals surface area contributed by atoms with Crippen LogP contribution in [-0.2, 0) is 4.79 Å². The van der Waals surface area contributed by atoms with Gasteiger partial charge in [-0.05, 0) is 30.9 Å². The lowest BCUT2D eigenvalue weighted by Crippen LogP contribution is -2.40. The molecule has 4 rings (SSSR count). The molecule has 2 saturated heterocycles. The van der Waals surface area contributed by atoms with Crippen LogP contribution in [0, 0.1) is 17.3 Å². The van der Waals surface area contributed by atoms with Crippen LogP contribution in [0.15, 0.2) is 30.3 Å². The fraction of sp³-hybridized carbons (Fsp3) is 0.619. The van der Waals surface area contributed by atoms with Crippen LogP contribution >= 0.6 is 0 Å². The van der Waals surface area contributed by atoms with Gasteiger partial charge in [-0.1, -0.05) is 31.0 Å². The zero-order valence-corrected chi connectivity index (χ0v) is 15.3. The molecular weight excluding hydrogens is 328 g/mol. The van der Waals surface area contributed by atoms with Gasteiger partial charge in [0, 0.05) is 49.5 Å². The molecule has 2 atom stereocenters. The molecule has 0 spiro atoms. The van der Waals surface area contributed by atoms with E-state index < -0.39 is 0 Å². The van der Waals surface area contributed by atoms with Crippen LogP contribution in [-0.4, -0.2) is 59.5 Å². The van der Waals surface area contributed by atoms with Gasteiger partial charge in [0.05, 0.1) is 6.61 Å². The highest BCUT2D eigenvalue weighted by atomic mass is 16.3. The maximum Gasteiger partial charge on any atom is 0.253 e. The molecular formula is C21H28N2O3. The predicted octanol–water partition coefficient (Wildman–Crippen LogP) is 2.16. The molecule has 3 fully saturated rings. The molecule has 1 aromatic rings. The summed E-state index contributed by atoms with van der Waals surface area (Å²) in [6, 6.07) is 9.31. The van der Waals surface area contributed by atoms with Crippen molar-refractivity contribution in [2.24, 2.45) is 17.3 Å². The number of aliphatic hydroxyl groups is 1. The number of rotatable bonds is 4. The average molecular weight is 356 g/mol. The summed E-state index contributed by atoms with van der Waals surface area (Å²) in [4.78, 5) is 29.2. The van der Waals surface area contributed by atoms with E-state index in [0.717, 1.165) is 0 Å². The van der Waals surface area contributed by atoms with Crippen molar-refractivity contribution in [2.75, 3.05) is 32.8 Å². The van der Waals surface area contributed by atoms with Gasteiger partial charge in [0.1, 0.15) is 0 Å². The highest BCUT2D eigenvalue weighted by Gasteiger charge is 2.54. The quantitative estimate of drug-likeness (QED) is 0.899. The van der Waals surface area contributed by atoms with E-state index in [-0.39, 0.29) is 29.8 Å². The molecule has 5 heteroatoms. The summed E-state index contributed by atoms with van der Waals surface area (Å²) in [6.07, 6.45) is 5.50. The van der Waals surface area contributed by atoms with E-state index in [4.69, 9.17) is 0 Å². The van der Waals surface area contributed by atoms with Crippen LogP contribution in [0.1, 0.15) is 42.5 Å². The Hall–Kier alpha value is -1.88. The summed E-state index contributed by atoms with van der Waals surface area (Å²) in [7, 11) is 0. The minimum absolute atomic E-state index is 0.0247. The van der Waals surface area contributed by atoms with Crippen LogP contribution in [0.4, 0.5) is 0 Å². The average Bonchev–Trinajstić information content (AvgIpc) is 3.36. The molecule has 26 heavy (non-hydrogen) atoms. The SMILES string of the molecule is O=C(CC1CCCC1)N1C[C@H]2CN(C(=O)c3ccccc3)C[C@@]2(CO)C1. The van der Waals surface area contributed by atoms with Gasteiger partial charge in [0.2, 0.25) is 5.91 Å². The van der Waals surface area contributed by atoms with Crippen molar-refractivity contribution in [1.82, 2.24) is 9.80 Å². The van der Waals surface area contributed by atoms with Crippen LogP contribution in [0.2, 0.25) is 0 Å². The molecule has 2 amide bonds. The van der Waals surface area contributed by atoms with Crippen molar-refractivity contribution in [2.45, 2.75) is 32.1 Å². The van der Waals surface area contributed by atoms with Crippen molar-refractivity contribution < 1.29 is 14.7 Å². The van der Waals surface area contributed by atoms with E-state index in [1.54, 1.807) is 0 Å². The van der Waals surface area contributed by atoms with E-state index in [9.17, 15) is 14.7 Å². The van der Waals surface area contributed by atoms with Crippen LogP contribution in [0.3, 0.4) is 0 Å². The molecule has 3 aliphatic rings.